The van der Waals surface area contributed by atoms with E-state index in [1.165, 1.54) is 0 Å². The number of hydrogen-bond acceptors (Lipinski definition) is 4. The highest BCUT2D eigenvalue weighted by Gasteiger charge is 2.43. The van der Waals surface area contributed by atoms with Gasteiger partial charge in [0.1, 0.15) is 5.54 Å². The van der Waals surface area contributed by atoms with Crippen molar-refractivity contribution in [2.24, 2.45) is 0 Å². The molecule has 0 radical (unpaired) electrons. The topological polar surface area (TPSA) is 58.6 Å². The maximum atomic E-state index is 12.0. The molecule has 1 aromatic rings. The van der Waals surface area contributed by atoms with E-state index < -0.39 is 11.5 Å². The molecule has 2 aliphatic rings. The maximum absolute atomic E-state index is 12.0. The molecule has 1 aromatic carbocycles. The third-order valence-corrected chi connectivity index (χ3v) is 5.28. The third kappa shape index (κ3) is 3.42. The van der Waals surface area contributed by atoms with Gasteiger partial charge in [0.2, 0.25) is 0 Å². The Morgan fingerprint density at radius 1 is 1.33 bits per heavy atom. The van der Waals surface area contributed by atoms with E-state index in [0.29, 0.717) is 17.7 Å². The number of carbonyl (C=O) groups is 1. The zero-order chi connectivity index (χ0) is 14.7. The zero-order valence-electron chi connectivity index (χ0n) is 12.0. The Labute approximate surface area is 129 Å². The number of carboxylic acids is 1. The van der Waals surface area contributed by atoms with Crippen LogP contribution in [-0.2, 0) is 15.1 Å². The summed E-state index contributed by atoms with van der Waals surface area (Å²) in [5.41, 5.74) is -0.102. The molecule has 114 valence electrons. The van der Waals surface area contributed by atoms with Crippen molar-refractivity contribution < 1.29 is 14.6 Å². The standard InChI is InChI=1S/C16H21NO3S/c18-15(19)16(17-13-6-7-13,12-4-2-1-3-5-12)8-9-21-14-10-20-11-14/h1-5,13-14,17H,6-11H2,(H,18,19). The Balaban J connectivity index is 1.75. The van der Waals surface area contributed by atoms with Crippen molar-refractivity contribution in [1.82, 2.24) is 5.32 Å². The Bertz CT molecular complexity index is 488. The minimum Gasteiger partial charge on any atom is -0.480 e. The molecule has 1 aliphatic heterocycles. The van der Waals surface area contributed by atoms with E-state index in [1.807, 2.05) is 42.1 Å². The summed E-state index contributed by atoms with van der Waals surface area (Å²) in [5, 5.41) is 13.8. The summed E-state index contributed by atoms with van der Waals surface area (Å²) in [6.07, 6.45) is 2.75. The lowest BCUT2D eigenvalue weighted by atomic mass is 9.87. The molecule has 4 nitrogen and oxygen atoms in total. The first kappa shape index (κ1) is 14.9. The van der Waals surface area contributed by atoms with Gasteiger partial charge in [-0.2, -0.15) is 11.8 Å². The molecule has 1 saturated heterocycles. The number of benzene rings is 1. The second kappa shape index (κ2) is 6.38. The van der Waals surface area contributed by atoms with Crippen LogP contribution in [0.15, 0.2) is 30.3 Å². The Morgan fingerprint density at radius 2 is 2.05 bits per heavy atom. The lowest BCUT2D eigenvalue weighted by Crippen LogP contribution is -2.51. The van der Waals surface area contributed by atoms with Gasteiger partial charge in [0.15, 0.2) is 0 Å². The van der Waals surface area contributed by atoms with E-state index in [-0.39, 0.29) is 0 Å². The molecule has 1 aliphatic carbocycles. The molecule has 0 aromatic heterocycles. The lowest BCUT2D eigenvalue weighted by Gasteiger charge is -2.33. The monoisotopic (exact) mass is 307 g/mol. The molecule has 0 bridgehead atoms. The second-order valence-electron chi connectivity index (χ2n) is 5.78. The number of rotatable bonds is 8. The number of ether oxygens (including phenoxy) is 1. The van der Waals surface area contributed by atoms with Gasteiger partial charge in [0.05, 0.1) is 18.5 Å². The van der Waals surface area contributed by atoms with E-state index in [9.17, 15) is 9.90 Å². The molecule has 0 amide bonds. The van der Waals surface area contributed by atoms with Crippen LogP contribution in [0.4, 0.5) is 0 Å². The summed E-state index contributed by atoms with van der Waals surface area (Å²) in [6, 6.07) is 9.93. The van der Waals surface area contributed by atoms with Gasteiger partial charge in [0.25, 0.3) is 0 Å². The Hall–Kier alpha value is -1.04. The van der Waals surface area contributed by atoms with Gasteiger partial charge in [-0.3, -0.25) is 5.32 Å². The molecule has 2 fully saturated rings. The number of carboxylic acid groups (broad SMARTS) is 1. The van der Waals surface area contributed by atoms with Crippen LogP contribution in [-0.4, -0.2) is 41.3 Å². The van der Waals surface area contributed by atoms with Gasteiger partial charge in [-0.05, 0) is 30.6 Å². The van der Waals surface area contributed by atoms with Gasteiger partial charge < -0.3 is 9.84 Å². The van der Waals surface area contributed by atoms with Gasteiger partial charge in [0, 0.05) is 6.04 Å². The Morgan fingerprint density at radius 3 is 2.57 bits per heavy atom. The molecule has 1 unspecified atom stereocenters. The number of aliphatic carboxylic acids is 1. The van der Waals surface area contributed by atoms with Gasteiger partial charge >= 0.3 is 5.97 Å². The second-order valence-corrected chi connectivity index (χ2v) is 7.18. The van der Waals surface area contributed by atoms with Crippen molar-refractivity contribution in [1.29, 1.82) is 0 Å². The first-order valence-electron chi connectivity index (χ1n) is 7.47. The minimum absolute atomic E-state index is 0.346. The summed E-state index contributed by atoms with van der Waals surface area (Å²) in [7, 11) is 0. The van der Waals surface area contributed by atoms with E-state index in [4.69, 9.17) is 4.74 Å². The van der Waals surface area contributed by atoms with Crippen molar-refractivity contribution in [3.05, 3.63) is 35.9 Å². The highest BCUT2D eigenvalue weighted by atomic mass is 32.2. The van der Waals surface area contributed by atoms with Crippen LogP contribution in [0, 0.1) is 0 Å². The largest absolute Gasteiger partial charge is 0.480 e. The van der Waals surface area contributed by atoms with Crippen molar-refractivity contribution in [2.75, 3.05) is 19.0 Å². The van der Waals surface area contributed by atoms with Crippen LogP contribution in [0.25, 0.3) is 0 Å². The van der Waals surface area contributed by atoms with Gasteiger partial charge in [-0.25, -0.2) is 4.79 Å². The summed E-state index contributed by atoms with van der Waals surface area (Å²) >= 11 is 1.82. The van der Waals surface area contributed by atoms with Crippen LogP contribution in [0.2, 0.25) is 0 Å². The molecular formula is C16H21NO3S. The fraction of sp³-hybridized carbons (Fsp3) is 0.562. The van der Waals surface area contributed by atoms with Crippen molar-refractivity contribution in [3.63, 3.8) is 0 Å². The summed E-state index contributed by atoms with van der Waals surface area (Å²) in [6.45, 7) is 1.60. The first-order valence-corrected chi connectivity index (χ1v) is 8.51. The van der Waals surface area contributed by atoms with Crippen LogP contribution >= 0.6 is 11.8 Å². The fourth-order valence-electron chi connectivity index (χ4n) is 2.58. The molecule has 3 rings (SSSR count). The van der Waals surface area contributed by atoms with E-state index >= 15 is 0 Å². The van der Waals surface area contributed by atoms with Crippen molar-refractivity contribution >= 4 is 17.7 Å². The fourth-order valence-corrected chi connectivity index (χ4v) is 3.72. The molecule has 1 saturated carbocycles. The minimum atomic E-state index is -0.958. The molecule has 0 spiro atoms. The third-order valence-electron chi connectivity index (χ3n) is 4.10. The molecular weight excluding hydrogens is 286 g/mol. The SMILES string of the molecule is O=C(O)C(CCSC1COC1)(NC1CC1)c1ccccc1. The lowest BCUT2D eigenvalue weighted by molar-refractivity contribution is -0.145. The summed E-state index contributed by atoms with van der Waals surface area (Å²) in [4.78, 5) is 12.0. The van der Waals surface area contributed by atoms with Crippen LogP contribution in [0.5, 0.6) is 0 Å². The highest BCUT2D eigenvalue weighted by Crippen LogP contribution is 2.34. The predicted molar refractivity (Wildman–Crippen MR) is 83.6 cm³/mol. The molecule has 5 heteroatoms. The molecule has 21 heavy (non-hydrogen) atoms. The number of thioether (sulfide) groups is 1. The Kier molecular flexibility index (Phi) is 4.52. The quantitative estimate of drug-likeness (QED) is 0.771. The maximum Gasteiger partial charge on any atom is 0.328 e. The van der Waals surface area contributed by atoms with Crippen LogP contribution < -0.4 is 5.32 Å². The predicted octanol–water partition coefficient (Wildman–Crippen LogP) is 2.24. The highest BCUT2D eigenvalue weighted by molar-refractivity contribution is 8.00. The average Bonchev–Trinajstić information content (AvgIpc) is 3.25. The molecule has 1 atom stereocenters. The number of hydrogen-bond donors (Lipinski definition) is 2. The van der Waals surface area contributed by atoms with Gasteiger partial charge in [-0.1, -0.05) is 30.3 Å². The zero-order valence-corrected chi connectivity index (χ0v) is 12.8. The summed E-state index contributed by atoms with van der Waals surface area (Å²) in [5.74, 6) is 0.0561. The van der Waals surface area contributed by atoms with Crippen LogP contribution in [0.3, 0.4) is 0 Å². The average molecular weight is 307 g/mol. The normalized spacial score (nSPS) is 21.5. The molecule has 2 N–H and O–H groups in total. The number of nitrogens with one attached hydrogen (secondary N) is 1. The first-order chi connectivity index (χ1) is 10.2. The van der Waals surface area contributed by atoms with Crippen molar-refractivity contribution in [3.8, 4) is 0 Å². The van der Waals surface area contributed by atoms with Gasteiger partial charge in [-0.15, -0.1) is 0 Å². The van der Waals surface area contributed by atoms with E-state index in [0.717, 1.165) is 37.4 Å². The van der Waals surface area contributed by atoms with E-state index in [1.54, 1.807) is 0 Å². The smallest absolute Gasteiger partial charge is 0.328 e. The van der Waals surface area contributed by atoms with E-state index in [2.05, 4.69) is 5.32 Å². The van der Waals surface area contributed by atoms with Crippen LogP contribution in [0.1, 0.15) is 24.8 Å². The summed E-state index contributed by atoms with van der Waals surface area (Å²) < 4.78 is 5.17. The van der Waals surface area contributed by atoms with Crippen molar-refractivity contribution in [2.45, 2.75) is 36.1 Å². The molecule has 1 heterocycles.